The van der Waals surface area contributed by atoms with Crippen LogP contribution in [0.15, 0.2) is 0 Å². The van der Waals surface area contributed by atoms with Crippen molar-refractivity contribution >= 4 is 32.5 Å². The zero-order valence-corrected chi connectivity index (χ0v) is 15.2. The number of nitrogens with zero attached hydrogens (tertiary/aromatic N) is 1. The zero-order valence-electron chi connectivity index (χ0n) is 12.8. The van der Waals surface area contributed by atoms with Crippen molar-refractivity contribution in [1.29, 1.82) is 0 Å². The molecule has 0 saturated carbocycles. The first-order chi connectivity index (χ1) is 9.57. The molecule has 0 aromatic rings. The second kappa shape index (κ2) is 9.36. The van der Waals surface area contributed by atoms with Crippen LogP contribution in [0.1, 0.15) is 25.7 Å². The molecular formula is C11H27ClN4O4S2. The summed E-state index contributed by atoms with van der Waals surface area (Å²) in [4.78, 5) is 2.05. The van der Waals surface area contributed by atoms with Crippen molar-refractivity contribution in [3.05, 3.63) is 0 Å². The van der Waals surface area contributed by atoms with Gasteiger partial charge in [0, 0.05) is 12.1 Å². The van der Waals surface area contributed by atoms with Crippen molar-refractivity contribution < 1.29 is 16.8 Å². The van der Waals surface area contributed by atoms with E-state index in [0.717, 1.165) is 38.8 Å². The molecule has 11 heteroatoms. The third-order valence-electron chi connectivity index (χ3n) is 3.69. The molecule has 2 saturated heterocycles. The Morgan fingerprint density at radius 3 is 2.00 bits per heavy atom. The van der Waals surface area contributed by atoms with Crippen LogP contribution in [0.5, 0.6) is 0 Å². The third-order valence-corrected chi connectivity index (χ3v) is 5.41. The smallest absolute Gasteiger partial charge is 0.210 e. The van der Waals surface area contributed by atoms with Crippen LogP contribution in [0, 0.1) is 0 Å². The molecule has 2 unspecified atom stereocenters. The van der Waals surface area contributed by atoms with Gasteiger partial charge in [-0.2, -0.15) is 0 Å². The van der Waals surface area contributed by atoms with Gasteiger partial charge < -0.3 is 10.2 Å². The monoisotopic (exact) mass is 378 g/mol. The molecule has 0 amide bonds. The number of nitrogens with one attached hydrogen (secondary N) is 1. The number of halogens is 1. The lowest BCUT2D eigenvalue weighted by Gasteiger charge is -2.17. The lowest BCUT2D eigenvalue weighted by atomic mass is 10.2. The lowest BCUT2D eigenvalue weighted by Crippen LogP contribution is -2.34. The highest BCUT2D eigenvalue weighted by Gasteiger charge is 2.24. The molecule has 2 atom stereocenters. The molecule has 0 spiro atoms. The lowest BCUT2D eigenvalue weighted by molar-refractivity contribution is 0.331. The van der Waals surface area contributed by atoms with Gasteiger partial charge >= 0.3 is 0 Å². The number of likely N-dealkylation sites (tertiary alicyclic amines) is 1. The summed E-state index contributed by atoms with van der Waals surface area (Å²) in [6.45, 7) is 1.90. The van der Waals surface area contributed by atoms with Crippen LogP contribution in [0.3, 0.4) is 0 Å². The largest absolute Gasteiger partial charge is 0.313 e. The molecule has 2 rings (SSSR count). The number of hydrogen-bond donors (Lipinski definition) is 3. The molecule has 22 heavy (non-hydrogen) atoms. The van der Waals surface area contributed by atoms with E-state index in [2.05, 4.69) is 5.32 Å². The molecular weight excluding hydrogens is 352 g/mol. The highest BCUT2D eigenvalue weighted by molar-refractivity contribution is 7.89. The first kappa shape index (κ1) is 22.0. The summed E-state index contributed by atoms with van der Waals surface area (Å²) in [5.74, 6) is 0.177. The van der Waals surface area contributed by atoms with E-state index in [1.54, 1.807) is 0 Å². The van der Waals surface area contributed by atoms with Gasteiger partial charge in [-0.1, -0.05) is 0 Å². The molecule has 134 valence electrons. The molecule has 0 bridgehead atoms. The summed E-state index contributed by atoms with van der Waals surface area (Å²) in [5, 5.41) is 12.8. The highest BCUT2D eigenvalue weighted by atomic mass is 35.5. The van der Waals surface area contributed by atoms with E-state index in [1.807, 2.05) is 11.9 Å². The molecule has 0 aromatic carbocycles. The van der Waals surface area contributed by atoms with Crippen LogP contribution < -0.4 is 15.6 Å². The Hall–Kier alpha value is 0.0300. The van der Waals surface area contributed by atoms with Gasteiger partial charge in [0.15, 0.2) is 0 Å². The van der Waals surface area contributed by atoms with Crippen molar-refractivity contribution in [2.24, 2.45) is 10.3 Å². The maximum absolute atomic E-state index is 10.7. The minimum atomic E-state index is -3.28. The van der Waals surface area contributed by atoms with E-state index in [9.17, 15) is 16.8 Å². The second-order valence-electron chi connectivity index (χ2n) is 5.73. The van der Waals surface area contributed by atoms with Crippen LogP contribution in [0.25, 0.3) is 0 Å². The molecule has 0 aromatic heterocycles. The Kier molecular flexibility index (Phi) is 9.37. The molecule has 2 fully saturated rings. The second-order valence-corrected chi connectivity index (χ2v) is 9.05. The number of nitrogens with two attached hydrogens (primary N) is 2. The van der Waals surface area contributed by atoms with Gasteiger partial charge in [-0.15, -0.1) is 12.4 Å². The topological polar surface area (TPSA) is 136 Å². The van der Waals surface area contributed by atoms with Crippen molar-refractivity contribution in [3.8, 4) is 0 Å². The standard InChI is InChI=1S/C6H14N2O2S.C5H12N2O2S.ClH/c1-8-4-2-3-6(8)5-11(7,9)10;6-10(8,9)4-5-2-1-3-7-5;/h6H,2-5H2,1H3,(H2,7,9,10);5,7H,1-4H2,(H2,6,8,9);1H. The first-order valence-corrected chi connectivity index (χ1v) is 10.4. The number of sulfonamides is 2. The average molecular weight is 379 g/mol. The summed E-state index contributed by atoms with van der Waals surface area (Å²) >= 11 is 0. The first-order valence-electron chi connectivity index (χ1n) is 7.01. The van der Waals surface area contributed by atoms with Crippen molar-refractivity contribution in [1.82, 2.24) is 10.2 Å². The summed E-state index contributed by atoms with van der Waals surface area (Å²) < 4.78 is 42.4. The molecule has 2 aliphatic heterocycles. The summed E-state index contributed by atoms with van der Waals surface area (Å²) in [6.07, 6.45) is 4.01. The SMILES string of the molecule is CN1CCCC1CS(N)(=O)=O.Cl.NS(=O)(=O)CC1CCCN1. The maximum atomic E-state index is 10.7. The fourth-order valence-electron chi connectivity index (χ4n) is 2.64. The van der Waals surface area contributed by atoms with Gasteiger partial charge in [0.2, 0.25) is 20.0 Å². The summed E-state index contributed by atoms with van der Waals surface area (Å²) in [7, 11) is -4.62. The van der Waals surface area contributed by atoms with Gasteiger partial charge in [0.1, 0.15) is 0 Å². The van der Waals surface area contributed by atoms with E-state index in [4.69, 9.17) is 10.3 Å². The number of rotatable bonds is 4. The van der Waals surface area contributed by atoms with Crippen LogP contribution >= 0.6 is 12.4 Å². The molecule has 2 aliphatic rings. The van der Waals surface area contributed by atoms with E-state index in [-0.39, 0.29) is 36.0 Å². The van der Waals surface area contributed by atoms with E-state index in [1.165, 1.54) is 0 Å². The van der Waals surface area contributed by atoms with E-state index in [0.29, 0.717) is 0 Å². The average Bonchev–Trinajstić information content (AvgIpc) is 2.89. The van der Waals surface area contributed by atoms with Crippen LogP contribution in [0.2, 0.25) is 0 Å². The summed E-state index contributed by atoms with van der Waals surface area (Å²) in [6, 6.07) is 0.236. The maximum Gasteiger partial charge on any atom is 0.210 e. The number of primary sulfonamides is 2. The summed E-state index contributed by atoms with van der Waals surface area (Å²) in [5.41, 5.74) is 0. The molecule has 2 heterocycles. The molecule has 0 radical (unpaired) electrons. The van der Waals surface area contributed by atoms with E-state index >= 15 is 0 Å². The van der Waals surface area contributed by atoms with Gasteiger partial charge in [0.05, 0.1) is 11.5 Å². The van der Waals surface area contributed by atoms with Crippen LogP contribution in [-0.4, -0.2) is 65.5 Å². The normalized spacial score (nSPS) is 26.1. The van der Waals surface area contributed by atoms with Crippen molar-refractivity contribution in [3.63, 3.8) is 0 Å². The van der Waals surface area contributed by atoms with Gasteiger partial charge in [-0.3, -0.25) is 0 Å². The minimum Gasteiger partial charge on any atom is -0.313 e. The third kappa shape index (κ3) is 9.93. The predicted octanol–water partition coefficient (Wildman–Crippen LogP) is -1.18. The predicted molar refractivity (Wildman–Crippen MR) is 89.9 cm³/mol. The Morgan fingerprint density at radius 2 is 1.64 bits per heavy atom. The minimum absolute atomic E-state index is 0. The Bertz CT molecular complexity index is 520. The fourth-order valence-corrected chi connectivity index (χ4v) is 4.44. The zero-order chi connectivity index (χ0) is 16.1. The number of hydrogen-bond acceptors (Lipinski definition) is 6. The van der Waals surface area contributed by atoms with Crippen molar-refractivity contribution in [2.75, 3.05) is 31.6 Å². The van der Waals surface area contributed by atoms with Crippen LogP contribution in [0.4, 0.5) is 0 Å². The van der Waals surface area contributed by atoms with Gasteiger partial charge in [-0.25, -0.2) is 27.1 Å². The van der Waals surface area contributed by atoms with Crippen LogP contribution in [-0.2, 0) is 20.0 Å². The fraction of sp³-hybridized carbons (Fsp3) is 1.00. The highest BCUT2D eigenvalue weighted by Crippen LogP contribution is 2.15. The Balaban J connectivity index is 0.000000385. The van der Waals surface area contributed by atoms with E-state index < -0.39 is 20.0 Å². The van der Waals surface area contributed by atoms with Gasteiger partial charge in [0.25, 0.3) is 0 Å². The Labute approximate surface area is 139 Å². The van der Waals surface area contributed by atoms with Crippen molar-refractivity contribution in [2.45, 2.75) is 37.8 Å². The molecule has 8 nitrogen and oxygen atoms in total. The Morgan fingerprint density at radius 1 is 1.05 bits per heavy atom. The molecule has 5 N–H and O–H groups in total. The molecule has 0 aliphatic carbocycles. The quantitative estimate of drug-likeness (QED) is 0.563. The van der Waals surface area contributed by atoms with Gasteiger partial charge in [-0.05, 0) is 45.8 Å².